The predicted octanol–water partition coefficient (Wildman–Crippen LogP) is 0.458. The van der Waals surface area contributed by atoms with Crippen LogP contribution in [0.25, 0.3) is 0 Å². The molecule has 1 aliphatic rings. The van der Waals surface area contributed by atoms with Gasteiger partial charge in [-0.05, 0) is 20.8 Å². The average Bonchev–Trinajstić information content (AvgIpc) is 2.48. The maximum Gasteiger partial charge on any atom is 0.303 e. The van der Waals surface area contributed by atoms with Gasteiger partial charge in [0, 0.05) is 27.7 Å². The van der Waals surface area contributed by atoms with E-state index in [0.717, 1.165) is 0 Å². The summed E-state index contributed by atoms with van der Waals surface area (Å²) in [5.41, 5.74) is -0.678. The highest BCUT2D eigenvalue weighted by Gasteiger charge is 2.52. The van der Waals surface area contributed by atoms with Crippen LogP contribution in [-0.2, 0) is 42.9 Å². The number of carbonyl (C=O) groups excluding carboxylic acids is 4. The Balaban J connectivity index is 3.33. The molecule has 0 bridgehead atoms. The Kier molecular flexibility index (Phi) is 8.37. The van der Waals surface area contributed by atoms with Crippen LogP contribution >= 0.6 is 0 Å². The van der Waals surface area contributed by atoms with Crippen molar-refractivity contribution in [2.24, 2.45) is 0 Å². The summed E-state index contributed by atoms with van der Waals surface area (Å²) in [6.45, 7) is 9.94. The van der Waals surface area contributed by atoms with Crippen molar-refractivity contribution in [1.82, 2.24) is 5.32 Å². The van der Waals surface area contributed by atoms with Gasteiger partial charge in [0.1, 0.15) is 18.8 Å². The lowest BCUT2D eigenvalue weighted by Gasteiger charge is -2.46. The zero-order valence-corrected chi connectivity index (χ0v) is 17.3. The molecule has 0 aliphatic carbocycles. The molecule has 0 radical (unpaired) electrons. The van der Waals surface area contributed by atoms with Gasteiger partial charge in [0.05, 0.1) is 5.60 Å². The molecule has 1 heterocycles. The maximum absolute atomic E-state index is 11.7. The SMILES string of the molecule is CC(=O)N[C@@H]1[C@H](OC(C)(C)C)O[C@H](COC(C)=O)[C@@H](OC(C)=O)[C@H]1OC(C)=O. The van der Waals surface area contributed by atoms with Crippen molar-refractivity contribution in [3.05, 3.63) is 0 Å². The summed E-state index contributed by atoms with van der Waals surface area (Å²) in [5.74, 6) is -2.30. The van der Waals surface area contributed by atoms with Crippen LogP contribution < -0.4 is 5.32 Å². The number of carbonyl (C=O) groups is 4. The van der Waals surface area contributed by atoms with Crippen molar-refractivity contribution >= 4 is 23.8 Å². The minimum Gasteiger partial charge on any atom is -0.463 e. The van der Waals surface area contributed by atoms with Gasteiger partial charge < -0.3 is 29.0 Å². The highest BCUT2D eigenvalue weighted by atomic mass is 16.7. The molecule has 1 rings (SSSR count). The molecule has 1 amide bonds. The first-order chi connectivity index (χ1) is 12.8. The van der Waals surface area contributed by atoms with E-state index in [1.165, 1.54) is 27.7 Å². The first-order valence-electron chi connectivity index (χ1n) is 8.88. The molecular weight excluding hydrogens is 374 g/mol. The van der Waals surface area contributed by atoms with Crippen LogP contribution in [0.1, 0.15) is 48.5 Å². The summed E-state index contributed by atoms with van der Waals surface area (Å²) in [4.78, 5) is 46.3. The second kappa shape index (κ2) is 9.83. The molecule has 1 saturated heterocycles. The van der Waals surface area contributed by atoms with Gasteiger partial charge in [0.25, 0.3) is 0 Å². The number of hydrogen-bond acceptors (Lipinski definition) is 9. The maximum atomic E-state index is 11.7. The normalized spacial score (nSPS) is 27.5. The molecule has 160 valence electrons. The van der Waals surface area contributed by atoms with E-state index >= 15 is 0 Å². The van der Waals surface area contributed by atoms with Crippen molar-refractivity contribution < 1.29 is 42.9 Å². The molecule has 0 aromatic heterocycles. The summed E-state index contributed by atoms with van der Waals surface area (Å²) in [7, 11) is 0. The third-order valence-corrected chi connectivity index (χ3v) is 3.54. The van der Waals surface area contributed by atoms with E-state index in [1.807, 2.05) is 0 Å². The fourth-order valence-corrected chi connectivity index (χ4v) is 2.74. The standard InChI is InChI=1S/C18H29NO9/c1-9(20)19-14-16(26-12(4)23)15(25-11(3)22)13(8-24-10(2)21)27-17(14)28-18(5,6)7/h13-17H,8H2,1-7H3,(H,19,20)/t13-,14+,15-,16+,17+/m1/s1. The average molecular weight is 403 g/mol. The van der Waals surface area contributed by atoms with Gasteiger partial charge in [0.2, 0.25) is 5.91 Å². The van der Waals surface area contributed by atoms with Crippen LogP contribution in [0.2, 0.25) is 0 Å². The van der Waals surface area contributed by atoms with Gasteiger partial charge in [0.15, 0.2) is 18.5 Å². The number of amides is 1. The van der Waals surface area contributed by atoms with Gasteiger partial charge in [-0.1, -0.05) is 0 Å². The molecular formula is C18H29NO9. The molecule has 1 fully saturated rings. The van der Waals surface area contributed by atoms with Crippen molar-refractivity contribution in [3.63, 3.8) is 0 Å². The Bertz CT molecular complexity index is 598. The summed E-state index contributed by atoms with van der Waals surface area (Å²) in [6.07, 6.45) is -4.28. The molecule has 5 atom stereocenters. The molecule has 1 N–H and O–H groups in total. The third kappa shape index (κ3) is 7.81. The van der Waals surface area contributed by atoms with Gasteiger partial charge in [-0.15, -0.1) is 0 Å². The molecule has 28 heavy (non-hydrogen) atoms. The van der Waals surface area contributed by atoms with Gasteiger partial charge in [-0.2, -0.15) is 0 Å². The highest BCUT2D eigenvalue weighted by molar-refractivity contribution is 5.73. The fourth-order valence-electron chi connectivity index (χ4n) is 2.74. The Hall–Kier alpha value is -2.20. The van der Waals surface area contributed by atoms with Crippen molar-refractivity contribution in [3.8, 4) is 0 Å². The van der Waals surface area contributed by atoms with E-state index in [-0.39, 0.29) is 6.61 Å². The molecule has 0 aromatic carbocycles. The second-order valence-corrected chi connectivity index (χ2v) is 7.45. The molecule has 0 saturated carbocycles. The minimum atomic E-state index is -1.13. The first-order valence-corrected chi connectivity index (χ1v) is 8.88. The lowest BCUT2D eigenvalue weighted by atomic mass is 9.95. The van der Waals surface area contributed by atoms with Crippen LogP contribution in [0.15, 0.2) is 0 Å². The van der Waals surface area contributed by atoms with Crippen molar-refractivity contribution in [1.29, 1.82) is 0 Å². The summed E-state index contributed by atoms with van der Waals surface area (Å²) >= 11 is 0. The quantitative estimate of drug-likeness (QED) is 0.497. The van der Waals surface area contributed by atoms with Crippen LogP contribution in [0.4, 0.5) is 0 Å². The smallest absolute Gasteiger partial charge is 0.303 e. The Morgan fingerprint density at radius 3 is 1.86 bits per heavy atom. The largest absolute Gasteiger partial charge is 0.463 e. The zero-order valence-electron chi connectivity index (χ0n) is 17.3. The first kappa shape index (κ1) is 23.8. The third-order valence-electron chi connectivity index (χ3n) is 3.54. The number of rotatable bonds is 6. The second-order valence-electron chi connectivity index (χ2n) is 7.45. The minimum absolute atomic E-state index is 0.262. The highest BCUT2D eigenvalue weighted by Crippen LogP contribution is 2.30. The Morgan fingerprint density at radius 1 is 0.893 bits per heavy atom. The van der Waals surface area contributed by atoms with Gasteiger partial charge in [-0.25, -0.2) is 0 Å². The van der Waals surface area contributed by atoms with E-state index in [0.29, 0.717) is 0 Å². The van der Waals surface area contributed by atoms with Gasteiger partial charge in [-0.3, -0.25) is 19.2 Å². The van der Waals surface area contributed by atoms with Crippen LogP contribution in [0.5, 0.6) is 0 Å². The van der Waals surface area contributed by atoms with Crippen LogP contribution in [0, 0.1) is 0 Å². The Morgan fingerprint density at radius 2 is 1.43 bits per heavy atom. The number of esters is 3. The number of ether oxygens (including phenoxy) is 5. The van der Waals surface area contributed by atoms with E-state index in [4.69, 9.17) is 23.7 Å². The summed E-state index contributed by atoms with van der Waals surface area (Å²) in [6, 6.07) is -0.960. The van der Waals surface area contributed by atoms with Crippen LogP contribution in [-0.4, -0.2) is 66.7 Å². The molecule has 0 spiro atoms. The lowest BCUT2D eigenvalue weighted by molar-refractivity contribution is -0.297. The van der Waals surface area contributed by atoms with E-state index in [9.17, 15) is 19.2 Å². The Labute approximate surface area is 164 Å². The zero-order chi connectivity index (χ0) is 21.6. The topological polar surface area (TPSA) is 126 Å². The van der Waals surface area contributed by atoms with Crippen LogP contribution in [0.3, 0.4) is 0 Å². The fraction of sp³-hybridized carbons (Fsp3) is 0.778. The summed E-state index contributed by atoms with van der Waals surface area (Å²) in [5, 5.41) is 2.63. The summed E-state index contributed by atoms with van der Waals surface area (Å²) < 4.78 is 27.4. The predicted molar refractivity (Wildman–Crippen MR) is 94.8 cm³/mol. The molecule has 10 nitrogen and oxygen atoms in total. The molecule has 10 heteroatoms. The molecule has 0 unspecified atom stereocenters. The van der Waals surface area contributed by atoms with Crippen molar-refractivity contribution in [2.75, 3.05) is 6.61 Å². The molecule has 1 aliphatic heterocycles. The van der Waals surface area contributed by atoms with Crippen molar-refractivity contribution in [2.45, 2.75) is 84.7 Å². The van der Waals surface area contributed by atoms with E-state index in [1.54, 1.807) is 20.8 Å². The van der Waals surface area contributed by atoms with Gasteiger partial charge >= 0.3 is 17.9 Å². The van der Waals surface area contributed by atoms with E-state index < -0.39 is 60.1 Å². The number of hydrogen-bond donors (Lipinski definition) is 1. The lowest BCUT2D eigenvalue weighted by Crippen LogP contribution is -2.67. The number of nitrogens with one attached hydrogen (secondary N) is 1. The monoisotopic (exact) mass is 403 g/mol. The van der Waals surface area contributed by atoms with E-state index in [2.05, 4.69) is 5.32 Å². The molecule has 0 aromatic rings.